The van der Waals surface area contributed by atoms with Crippen LogP contribution in [-0.2, 0) is 16.0 Å². The lowest BCUT2D eigenvalue weighted by Gasteiger charge is -2.54. The fourth-order valence-electron chi connectivity index (χ4n) is 9.82. The van der Waals surface area contributed by atoms with Crippen molar-refractivity contribution in [3.05, 3.63) is 72.4 Å². The second kappa shape index (κ2) is 14.2. The molecule has 55 heavy (non-hydrogen) atoms. The van der Waals surface area contributed by atoms with Gasteiger partial charge < -0.3 is 24.8 Å². The number of nitrogens with one attached hydrogen (secondary N) is 2. The van der Waals surface area contributed by atoms with Gasteiger partial charge in [-0.2, -0.15) is 0 Å². The molecule has 5 aromatic rings. The minimum Gasteiger partial charge on any atom is -0.507 e. The van der Waals surface area contributed by atoms with Gasteiger partial charge in [0.2, 0.25) is 11.8 Å². The molecule has 2 atom stereocenters. The van der Waals surface area contributed by atoms with Crippen molar-refractivity contribution in [2.75, 3.05) is 69.1 Å². The van der Waals surface area contributed by atoms with Crippen molar-refractivity contribution < 1.29 is 14.7 Å². The number of piperidine rings is 2. The Hall–Kier alpha value is -5.11. The van der Waals surface area contributed by atoms with Crippen molar-refractivity contribution in [3.8, 4) is 17.0 Å². The first-order valence-electron chi connectivity index (χ1n) is 20.0. The number of carbonyl (C=O) groups is 2. The Bertz CT molecular complexity index is 2260. The van der Waals surface area contributed by atoms with E-state index in [9.17, 15) is 14.7 Å². The molecule has 8 heterocycles. The maximum atomic E-state index is 12.8. The van der Waals surface area contributed by atoms with Gasteiger partial charge in [-0.3, -0.25) is 24.7 Å². The van der Waals surface area contributed by atoms with E-state index in [4.69, 9.17) is 0 Å². The molecule has 4 saturated heterocycles. The number of para-hydroxylation sites is 1. The summed E-state index contributed by atoms with van der Waals surface area (Å²) in [6.07, 6.45) is 7.20. The molecular formula is C42H48N10O3. The number of hydrogen-bond donors (Lipinski definition) is 3. The van der Waals surface area contributed by atoms with E-state index in [-0.39, 0.29) is 17.6 Å². The van der Waals surface area contributed by atoms with Crippen LogP contribution in [0.15, 0.2) is 66.9 Å². The van der Waals surface area contributed by atoms with E-state index >= 15 is 0 Å². The van der Waals surface area contributed by atoms with Crippen molar-refractivity contribution in [1.82, 2.24) is 39.8 Å². The summed E-state index contributed by atoms with van der Waals surface area (Å²) in [6.45, 7) is 9.69. The molecule has 13 nitrogen and oxygen atoms in total. The molecule has 13 heteroatoms. The molecule has 4 fully saturated rings. The van der Waals surface area contributed by atoms with Gasteiger partial charge >= 0.3 is 0 Å². The fourth-order valence-corrected chi connectivity index (χ4v) is 9.82. The highest BCUT2D eigenvalue weighted by atomic mass is 16.3. The first kappa shape index (κ1) is 34.4. The lowest BCUT2D eigenvalue weighted by Crippen LogP contribution is -2.68. The number of aryl methyl sites for hydroxylation is 1. The van der Waals surface area contributed by atoms with Gasteiger partial charge in [-0.15, -0.1) is 10.2 Å². The summed E-state index contributed by atoms with van der Waals surface area (Å²) in [4.78, 5) is 39.9. The number of nitrogens with zero attached hydrogens (tertiary/aromatic N) is 8. The maximum absolute atomic E-state index is 12.8. The van der Waals surface area contributed by atoms with Crippen molar-refractivity contribution in [2.24, 2.45) is 0 Å². The van der Waals surface area contributed by atoms with Crippen LogP contribution in [0.1, 0.15) is 43.7 Å². The molecule has 0 spiro atoms. The molecule has 0 aliphatic carbocycles. The first-order chi connectivity index (χ1) is 27.0. The molecule has 0 saturated carbocycles. The second-order valence-electron chi connectivity index (χ2n) is 16.1. The number of likely N-dealkylation sites (tertiary alicyclic amines) is 2. The monoisotopic (exact) mass is 740 g/mol. The zero-order valence-electron chi connectivity index (χ0n) is 31.1. The van der Waals surface area contributed by atoms with Crippen LogP contribution in [-0.4, -0.2) is 128 Å². The van der Waals surface area contributed by atoms with E-state index in [1.807, 2.05) is 28.8 Å². The zero-order valence-corrected chi connectivity index (χ0v) is 31.1. The SMILES string of the molecule is O=C1CCC(n2c3ccc(CCCN4CCC(N5CC(N6CCN7c8cc(-c9ccccc9O)nnc8NC[C@H]7C6)C5)CC4)cc3c3cccnc32)C(=O)N1. The zero-order chi connectivity index (χ0) is 37.0. The molecule has 2 amide bonds. The van der Waals surface area contributed by atoms with Gasteiger partial charge in [-0.1, -0.05) is 18.2 Å². The van der Waals surface area contributed by atoms with Gasteiger partial charge in [0.05, 0.1) is 22.9 Å². The van der Waals surface area contributed by atoms with Crippen LogP contribution in [0.4, 0.5) is 11.5 Å². The summed E-state index contributed by atoms with van der Waals surface area (Å²) < 4.78 is 2.03. The number of phenols is 1. The quantitative estimate of drug-likeness (QED) is 0.199. The van der Waals surface area contributed by atoms with Crippen LogP contribution in [0.2, 0.25) is 0 Å². The summed E-state index contributed by atoms with van der Waals surface area (Å²) in [6, 6.07) is 21.3. The lowest BCUT2D eigenvalue weighted by atomic mass is 9.95. The maximum Gasteiger partial charge on any atom is 0.249 e. The Morgan fingerprint density at radius 2 is 1.67 bits per heavy atom. The smallest absolute Gasteiger partial charge is 0.249 e. The van der Waals surface area contributed by atoms with E-state index in [1.54, 1.807) is 12.3 Å². The van der Waals surface area contributed by atoms with Crippen LogP contribution in [0.5, 0.6) is 5.75 Å². The third-order valence-electron chi connectivity index (χ3n) is 12.9. The van der Waals surface area contributed by atoms with Crippen LogP contribution in [0.3, 0.4) is 0 Å². The van der Waals surface area contributed by atoms with Gasteiger partial charge in [0.15, 0.2) is 5.82 Å². The van der Waals surface area contributed by atoms with Gasteiger partial charge in [0.1, 0.15) is 17.4 Å². The fraction of sp³-hybridized carbons (Fsp3) is 0.452. The number of carbonyl (C=O) groups excluding carboxylic acids is 2. The van der Waals surface area contributed by atoms with Gasteiger partial charge in [-0.05, 0) is 99.8 Å². The van der Waals surface area contributed by atoms with Crippen LogP contribution >= 0.6 is 0 Å². The Labute approximate surface area is 320 Å². The summed E-state index contributed by atoms with van der Waals surface area (Å²) in [5.41, 5.74) is 5.60. The first-order valence-corrected chi connectivity index (χ1v) is 20.0. The molecule has 0 bridgehead atoms. The van der Waals surface area contributed by atoms with E-state index in [1.165, 1.54) is 31.5 Å². The molecular weight excluding hydrogens is 693 g/mol. The highest BCUT2D eigenvalue weighted by Gasteiger charge is 2.41. The van der Waals surface area contributed by atoms with E-state index in [0.717, 1.165) is 92.1 Å². The molecule has 3 aromatic heterocycles. The molecule has 2 aromatic carbocycles. The predicted octanol–water partition coefficient (Wildman–Crippen LogP) is 4.03. The van der Waals surface area contributed by atoms with Crippen molar-refractivity contribution in [2.45, 2.75) is 62.7 Å². The number of fused-ring (bicyclic) bond motifs is 6. The topological polar surface area (TPSA) is 135 Å². The molecule has 3 N–H and O–H groups in total. The van der Waals surface area contributed by atoms with Crippen molar-refractivity contribution in [1.29, 1.82) is 0 Å². The highest BCUT2D eigenvalue weighted by molar-refractivity contribution is 6.09. The standard InChI is InChI=1S/C42H48N10O3/c53-38-8-2-1-6-32(38)34-22-37-40(47-46-34)44-23-29-24-49(19-20-51(29)37)30-25-50(26-30)28-13-17-48(18-14-28)16-4-5-27-9-10-35-33(21-27)31-7-3-15-43-41(31)52(35)36-11-12-39(54)45-42(36)55/h1-3,6-10,15,21-22,28-30,36,53H,4-5,11-14,16-20,23-26H2,(H,44,47)(H,45,54,55)/t29-,36?/m0/s1. The largest absolute Gasteiger partial charge is 0.507 e. The predicted molar refractivity (Wildman–Crippen MR) is 212 cm³/mol. The molecule has 284 valence electrons. The number of aromatic nitrogens is 4. The Morgan fingerprint density at radius 3 is 2.53 bits per heavy atom. The van der Waals surface area contributed by atoms with Gasteiger partial charge in [0.25, 0.3) is 0 Å². The number of piperazine rings is 1. The van der Waals surface area contributed by atoms with E-state index in [2.05, 4.69) is 75.7 Å². The minimum atomic E-state index is -0.434. The third-order valence-corrected chi connectivity index (χ3v) is 12.9. The molecule has 10 rings (SSSR count). The number of imide groups is 1. The summed E-state index contributed by atoms with van der Waals surface area (Å²) in [5.74, 6) is 0.604. The highest BCUT2D eigenvalue weighted by Crippen LogP contribution is 2.38. The van der Waals surface area contributed by atoms with Crippen LogP contribution < -0.4 is 15.5 Å². The normalized spacial score (nSPS) is 23.0. The Kier molecular flexibility index (Phi) is 8.87. The molecule has 5 aliphatic heterocycles. The van der Waals surface area contributed by atoms with Crippen molar-refractivity contribution >= 4 is 45.3 Å². The number of hydrogen-bond acceptors (Lipinski definition) is 11. The number of anilines is 2. The number of pyridine rings is 1. The van der Waals surface area contributed by atoms with Gasteiger partial charge in [0, 0.05) is 80.3 Å². The third kappa shape index (κ3) is 6.37. The minimum absolute atomic E-state index is 0.204. The molecule has 0 radical (unpaired) electrons. The Morgan fingerprint density at radius 1 is 0.818 bits per heavy atom. The Balaban J connectivity index is 0.698. The van der Waals surface area contributed by atoms with Crippen LogP contribution in [0, 0.1) is 0 Å². The lowest BCUT2D eigenvalue weighted by molar-refractivity contribution is -0.135. The number of phenolic OH excluding ortho intramolecular Hbond substituents is 1. The second-order valence-corrected chi connectivity index (χ2v) is 16.1. The van der Waals surface area contributed by atoms with Gasteiger partial charge in [-0.25, -0.2) is 4.98 Å². The molecule has 5 aliphatic rings. The van der Waals surface area contributed by atoms with E-state index < -0.39 is 6.04 Å². The van der Waals surface area contributed by atoms with Crippen molar-refractivity contribution in [3.63, 3.8) is 0 Å². The van der Waals surface area contributed by atoms with Crippen LogP contribution in [0.25, 0.3) is 33.2 Å². The average Bonchev–Trinajstić information content (AvgIpc) is 3.51. The summed E-state index contributed by atoms with van der Waals surface area (Å²) in [5, 5.41) is 27.5. The van der Waals surface area contributed by atoms with E-state index in [0.29, 0.717) is 42.2 Å². The number of benzene rings is 2. The summed E-state index contributed by atoms with van der Waals surface area (Å²) in [7, 11) is 0. The number of amides is 2. The summed E-state index contributed by atoms with van der Waals surface area (Å²) >= 11 is 0. The molecule has 1 unspecified atom stereocenters. The number of aromatic hydroxyl groups is 1. The average molecular weight is 741 g/mol. The number of rotatable bonds is 8.